The molecule has 0 radical (unpaired) electrons. The molecule has 0 saturated carbocycles. The van der Waals surface area contributed by atoms with Gasteiger partial charge in [-0.15, -0.1) is 12.4 Å². The van der Waals surface area contributed by atoms with E-state index in [1.807, 2.05) is 36.1 Å². The third kappa shape index (κ3) is 5.59. The van der Waals surface area contributed by atoms with E-state index in [1.54, 1.807) is 6.20 Å². The van der Waals surface area contributed by atoms with Crippen LogP contribution in [0.4, 0.5) is 29.5 Å². The molecule has 176 valence electrons. The second-order valence-corrected chi connectivity index (χ2v) is 8.09. The number of anilines is 2. The number of urea groups is 1. The summed E-state index contributed by atoms with van der Waals surface area (Å²) in [6, 6.07) is 8.03. The van der Waals surface area contributed by atoms with Gasteiger partial charge in [0, 0.05) is 48.0 Å². The van der Waals surface area contributed by atoms with Crippen molar-refractivity contribution in [2.45, 2.75) is 32.0 Å². The van der Waals surface area contributed by atoms with Gasteiger partial charge in [-0.2, -0.15) is 13.2 Å². The molecule has 33 heavy (non-hydrogen) atoms. The van der Waals surface area contributed by atoms with Crippen LogP contribution in [0.5, 0.6) is 0 Å². The number of alkyl halides is 3. The lowest BCUT2D eigenvalue weighted by atomic mass is 10.1. The molecule has 1 aliphatic heterocycles. The highest BCUT2D eigenvalue weighted by atomic mass is 35.5. The van der Waals surface area contributed by atoms with Crippen LogP contribution in [-0.4, -0.2) is 35.1 Å². The van der Waals surface area contributed by atoms with Crippen molar-refractivity contribution in [3.8, 4) is 0 Å². The fraction of sp³-hybridized carbons (Fsp3) is 0.318. The molecule has 2 amide bonds. The van der Waals surface area contributed by atoms with E-state index in [2.05, 4.69) is 20.6 Å². The Morgan fingerprint density at radius 1 is 1.15 bits per heavy atom. The number of fused-ring (bicyclic) bond motifs is 1. The van der Waals surface area contributed by atoms with Gasteiger partial charge < -0.3 is 15.5 Å². The van der Waals surface area contributed by atoms with Gasteiger partial charge >= 0.3 is 12.2 Å². The van der Waals surface area contributed by atoms with E-state index in [9.17, 15) is 18.0 Å². The second kappa shape index (κ2) is 10.0. The maximum Gasteiger partial charge on any atom is 0.417 e. The summed E-state index contributed by atoms with van der Waals surface area (Å²) in [5, 5.41) is 7.71. The Labute approximate surface area is 199 Å². The maximum atomic E-state index is 12.8. The lowest BCUT2D eigenvalue weighted by Crippen LogP contribution is -2.46. The number of benzene rings is 1. The summed E-state index contributed by atoms with van der Waals surface area (Å²) < 4.78 is 38.4. The van der Waals surface area contributed by atoms with E-state index < -0.39 is 11.7 Å². The molecule has 2 N–H and O–H groups in total. The summed E-state index contributed by atoms with van der Waals surface area (Å²) in [5.74, 6) is 0.322. The van der Waals surface area contributed by atoms with Crippen LogP contribution in [0.1, 0.15) is 24.1 Å². The van der Waals surface area contributed by atoms with E-state index in [1.165, 1.54) is 0 Å². The van der Waals surface area contributed by atoms with Gasteiger partial charge in [-0.1, -0.05) is 23.7 Å². The summed E-state index contributed by atoms with van der Waals surface area (Å²) in [4.78, 5) is 22.6. The number of hydrogen-bond acceptors (Lipinski definition) is 4. The molecule has 6 nitrogen and oxygen atoms in total. The molecule has 0 atom stereocenters. The quantitative estimate of drug-likeness (QED) is 0.476. The van der Waals surface area contributed by atoms with Crippen molar-refractivity contribution < 1.29 is 18.0 Å². The van der Waals surface area contributed by atoms with Crippen molar-refractivity contribution in [1.29, 1.82) is 0 Å². The Kier molecular flexibility index (Phi) is 7.54. The van der Waals surface area contributed by atoms with Crippen molar-refractivity contribution in [3.63, 3.8) is 0 Å². The molecule has 4 rings (SSSR count). The molecule has 1 saturated heterocycles. The minimum atomic E-state index is -4.49. The number of nitrogens with one attached hydrogen (secondary N) is 2. The second-order valence-electron chi connectivity index (χ2n) is 7.68. The molecule has 3 heterocycles. The molecule has 11 heteroatoms. The van der Waals surface area contributed by atoms with Crippen molar-refractivity contribution >= 4 is 52.3 Å². The van der Waals surface area contributed by atoms with Gasteiger partial charge in [-0.25, -0.2) is 9.78 Å². The first-order valence-electron chi connectivity index (χ1n) is 10.1. The van der Waals surface area contributed by atoms with E-state index in [0.717, 1.165) is 28.7 Å². The first kappa shape index (κ1) is 24.9. The maximum absolute atomic E-state index is 12.8. The van der Waals surface area contributed by atoms with Crippen LogP contribution in [0.25, 0.3) is 10.8 Å². The van der Waals surface area contributed by atoms with Crippen LogP contribution in [0.3, 0.4) is 0 Å². The number of piperidine rings is 1. The van der Waals surface area contributed by atoms with Crippen LogP contribution in [0, 0.1) is 6.92 Å². The fourth-order valence-electron chi connectivity index (χ4n) is 3.86. The standard InChI is InChI=1S/C22H21ClF3N5O.ClH/c1-13-16-3-2-4-19(17(16)5-8-27-13)30-21(32)29-15-6-9-31(10-7-15)20-18(23)11-14(12-28-20)22(24,25)26;/h2-5,8,11-12,15H,6-7,9-10H2,1H3,(H2,29,30,32);1H. The highest BCUT2D eigenvalue weighted by molar-refractivity contribution is 6.33. The van der Waals surface area contributed by atoms with Gasteiger partial charge in [0.15, 0.2) is 0 Å². The number of nitrogens with zero attached hydrogens (tertiary/aromatic N) is 3. The average molecular weight is 500 g/mol. The zero-order chi connectivity index (χ0) is 22.9. The normalized spacial score (nSPS) is 14.6. The average Bonchev–Trinajstić information content (AvgIpc) is 2.74. The van der Waals surface area contributed by atoms with Crippen molar-refractivity contribution in [2.75, 3.05) is 23.3 Å². The van der Waals surface area contributed by atoms with Gasteiger partial charge in [0.05, 0.1) is 16.3 Å². The molecule has 1 aromatic carbocycles. The molecular formula is C22H22Cl2F3N5O. The van der Waals surface area contributed by atoms with Crippen molar-refractivity contribution in [3.05, 3.63) is 59.0 Å². The predicted molar refractivity (Wildman–Crippen MR) is 125 cm³/mol. The Hall–Kier alpha value is -2.78. The van der Waals surface area contributed by atoms with Gasteiger partial charge in [0.25, 0.3) is 0 Å². The monoisotopic (exact) mass is 499 g/mol. The molecule has 1 fully saturated rings. The number of carbonyl (C=O) groups is 1. The van der Waals surface area contributed by atoms with Gasteiger partial charge in [0.2, 0.25) is 0 Å². The number of pyridine rings is 2. The smallest absolute Gasteiger partial charge is 0.355 e. The molecule has 1 aliphatic rings. The number of amides is 2. The Bertz CT molecular complexity index is 1150. The van der Waals surface area contributed by atoms with Crippen molar-refractivity contribution in [2.24, 2.45) is 0 Å². The molecule has 0 spiro atoms. The highest BCUT2D eigenvalue weighted by Gasteiger charge is 2.32. The van der Waals surface area contributed by atoms with Gasteiger partial charge in [-0.05, 0) is 38.0 Å². The molecule has 0 unspecified atom stereocenters. The summed E-state index contributed by atoms with van der Waals surface area (Å²) in [5.41, 5.74) is 0.706. The van der Waals surface area contributed by atoms with Crippen LogP contribution < -0.4 is 15.5 Å². The zero-order valence-electron chi connectivity index (χ0n) is 17.6. The van der Waals surface area contributed by atoms with Gasteiger partial charge in [0.1, 0.15) is 5.82 Å². The number of hydrogen-bond donors (Lipinski definition) is 2. The lowest BCUT2D eigenvalue weighted by molar-refractivity contribution is -0.137. The van der Waals surface area contributed by atoms with Crippen LogP contribution in [-0.2, 0) is 6.18 Å². The Balaban J connectivity index is 0.00000306. The van der Waals surface area contributed by atoms with Crippen LogP contribution >= 0.6 is 24.0 Å². The third-order valence-electron chi connectivity index (χ3n) is 5.53. The zero-order valence-corrected chi connectivity index (χ0v) is 19.2. The SMILES string of the molecule is Cc1nccc2c(NC(=O)NC3CCN(c4ncc(C(F)(F)F)cc4Cl)CC3)cccc12.Cl. The number of aromatic nitrogens is 2. The Morgan fingerprint density at radius 2 is 1.88 bits per heavy atom. The van der Waals surface area contributed by atoms with E-state index >= 15 is 0 Å². The van der Waals surface area contributed by atoms with E-state index in [-0.39, 0.29) is 29.5 Å². The fourth-order valence-corrected chi connectivity index (χ4v) is 4.15. The molecule has 2 aromatic heterocycles. The number of carbonyl (C=O) groups excluding carboxylic acids is 1. The first-order chi connectivity index (χ1) is 15.2. The molecule has 0 bridgehead atoms. The molecule has 3 aromatic rings. The Morgan fingerprint density at radius 3 is 2.55 bits per heavy atom. The minimum Gasteiger partial charge on any atom is -0.355 e. The van der Waals surface area contributed by atoms with Gasteiger partial charge in [-0.3, -0.25) is 4.98 Å². The van der Waals surface area contributed by atoms with E-state index in [4.69, 9.17) is 11.6 Å². The predicted octanol–water partition coefficient (Wildman–Crippen LogP) is 5.82. The first-order valence-corrected chi connectivity index (χ1v) is 10.5. The van der Waals surface area contributed by atoms with Crippen LogP contribution in [0.2, 0.25) is 5.02 Å². The lowest BCUT2D eigenvalue weighted by Gasteiger charge is -2.33. The largest absolute Gasteiger partial charge is 0.417 e. The summed E-state index contributed by atoms with van der Waals surface area (Å²) in [6.45, 7) is 2.95. The molecule has 0 aliphatic carbocycles. The summed E-state index contributed by atoms with van der Waals surface area (Å²) in [6.07, 6.45) is -0.758. The highest BCUT2D eigenvalue weighted by Crippen LogP contribution is 2.34. The molecular weight excluding hydrogens is 478 g/mol. The third-order valence-corrected chi connectivity index (χ3v) is 5.81. The minimum absolute atomic E-state index is 0. The summed E-state index contributed by atoms with van der Waals surface area (Å²) >= 11 is 6.05. The summed E-state index contributed by atoms with van der Waals surface area (Å²) in [7, 11) is 0. The number of aryl methyl sites for hydroxylation is 1. The van der Waals surface area contributed by atoms with Crippen LogP contribution in [0.15, 0.2) is 42.7 Å². The topological polar surface area (TPSA) is 70.2 Å². The number of rotatable bonds is 3. The van der Waals surface area contributed by atoms with Crippen molar-refractivity contribution in [1.82, 2.24) is 15.3 Å². The van der Waals surface area contributed by atoms with E-state index in [0.29, 0.717) is 37.4 Å². The number of halogens is 5.